The molecule has 100 valence electrons. The largest absolute Gasteiger partial charge is 0.381 e. The monoisotopic (exact) mass is 333 g/mol. The van der Waals surface area contributed by atoms with E-state index >= 15 is 0 Å². The zero-order valence-electron chi connectivity index (χ0n) is 10.1. The van der Waals surface area contributed by atoms with Crippen molar-refractivity contribution in [2.24, 2.45) is 0 Å². The van der Waals surface area contributed by atoms with Crippen molar-refractivity contribution in [1.29, 1.82) is 0 Å². The first kappa shape index (κ1) is 15.5. The lowest BCUT2D eigenvalue weighted by Gasteiger charge is -2.05. The van der Waals surface area contributed by atoms with Crippen LogP contribution in [0.5, 0.6) is 0 Å². The van der Waals surface area contributed by atoms with E-state index < -0.39 is 0 Å². The summed E-state index contributed by atoms with van der Waals surface area (Å²) >= 11 is 9.05. The van der Waals surface area contributed by atoms with Crippen molar-refractivity contribution in [2.75, 3.05) is 25.1 Å². The van der Waals surface area contributed by atoms with E-state index in [9.17, 15) is 4.79 Å². The molecule has 1 aromatic carbocycles. The van der Waals surface area contributed by atoms with Gasteiger partial charge in [-0.15, -0.1) is 0 Å². The molecular formula is C13H17BrClNO2. The minimum atomic E-state index is 0.0258. The highest BCUT2D eigenvalue weighted by Gasteiger charge is 2.02. The molecule has 1 N–H and O–H groups in total. The lowest BCUT2D eigenvalue weighted by atomic mass is 10.1. The molecule has 0 aromatic heterocycles. The number of amides is 1. The molecule has 0 heterocycles. The number of ether oxygens (including phenoxy) is 1. The Labute approximate surface area is 121 Å². The highest BCUT2D eigenvalue weighted by molar-refractivity contribution is 9.09. The van der Waals surface area contributed by atoms with Gasteiger partial charge in [0, 0.05) is 23.5 Å². The zero-order valence-corrected chi connectivity index (χ0v) is 12.5. The molecule has 0 fully saturated rings. The lowest BCUT2D eigenvalue weighted by Crippen LogP contribution is -2.26. The van der Waals surface area contributed by atoms with Crippen molar-refractivity contribution < 1.29 is 9.53 Å². The fraction of sp³-hybridized carbons (Fsp3) is 0.462. The van der Waals surface area contributed by atoms with Crippen LogP contribution in [0.2, 0.25) is 5.02 Å². The predicted molar refractivity (Wildman–Crippen MR) is 77.4 cm³/mol. The molecular weight excluding hydrogens is 318 g/mol. The van der Waals surface area contributed by atoms with Gasteiger partial charge in [0.1, 0.15) is 0 Å². The van der Waals surface area contributed by atoms with Gasteiger partial charge in [-0.1, -0.05) is 39.7 Å². The zero-order chi connectivity index (χ0) is 13.2. The minimum Gasteiger partial charge on any atom is -0.381 e. The van der Waals surface area contributed by atoms with Gasteiger partial charge in [0.25, 0.3) is 0 Å². The molecule has 18 heavy (non-hydrogen) atoms. The quantitative estimate of drug-likeness (QED) is 0.586. The van der Waals surface area contributed by atoms with Crippen LogP contribution in [-0.4, -0.2) is 31.0 Å². The number of rotatable bonds is 8. The third kappa shape index (κ3) is 6.99. The molecule has 1 amide bonds. The molecule has 1 aromatic rings. The van der Waals surface area contributed by atoms with Crippen molar-refractivity contribution in [3.63, 3.8) is 0 Å². The smallest absolute Gasteiger partial charge is 0.224 e. The normalized spacial score (nSPS) is 10.3. The summed E-state index contributed by atoms with van der Waals surface area (Å²) in [6, 6.07) is 7.30. The Kier molecular flexibility index (Phi) is 8.05. The second-order valence-corrected chi connectivity index (χ2v) is 5.04. The van der Waals surface area contributed by atoms with Crippen LogP contribution in [-0.2, 0) is 16.0 Å². The Morgan fingerprint density at radius 1 is 1.28 bits per heavy atom. The maximum Gasteiger partial charge on any atom is 0.224 e. The van der Waals surface area contributed by atoms with E-state index in [1.165, 1.54) is 0 Å². The number of hydrogen-bond acceptors (Lipinski definition) is 2. The van der Waals surface area contributed by atoms with Gasteiger partial charge in [-0.05, 0) is 24.1 Å². The standard InChI is InChI=1S/C13H17BrClNO2/c14-6-9-18-8-1-7-16-13(17)10-11-2-4-12(15)5-3-11/h2-5H,1,6-10H2,(H,16,17). The summed E-state index contributed by atoms with van der Waals surface area (Å²) in [5.74, 6) is 0.0258. The van der Waals surface area contributed by atoms with E-state index in [1.54, 1.807) is 12.1 Å². The summed E-state index contributed by atoms with van der Waals surface area (Å²) in [5.41, 5.74) is 0.965. The average Bonchev–Trinajstić information content (AvgIpc) is 2.36. The molecule has 1 rings (SSSR count). The summed E-state index contributed by atoms with van der Waals surface area (Å²) < 4.78 is 5.28. The van der Waals surface area contributed by atoms with E-state index in [4.69, 9.17) is 16.3 Å². The second-order valence-electron chi connectivity index (χ2n) is 3.81. The van der Waals surface area contributed by atoms with Gasteiger partial charge in [-0.3, -0.25) is 4.79 Å². The first-order chi connectivity index (χ1) is 8.72. The lowest BCUT2D eigenvalue weighted by molar-refractivity contribution is -0.120. The number of carbonyl (C=O) groups is 1. The van der Waals surface area contributed by atoms with Crippen LogP contribution in [0, 0.1) is 0 Å². The number of hydrogen-bond donors (Lipinski definition) is 1. The topological polar surface area (TPSA) is 38.3 Å². The number of alkyl halides is 1. The van der Waals surface area contributed by atoms with Gasteiger partial charge in [0.15, 0.2) is 0 Å². The van der Waals surface area contributed by atoms with Crippen LogP contribution in [0.1, 0.15) is 12.0 Å². The van der Waals surface area contributed by atoms with Crippen molar-refractivity contribution in [2.45, 2.75) is 12.8 Å². The van der Waals surface area contributed by atoms with Gasteiger partial charge < -0.3 is 10.1 Å². The van der Waals surface area contributed by atoms with Crippen LogP contribution in [0.3, 0.4) is 0 Å². The van der Waals surface area contributed by atoms with E-state index in [0.29, 0.717) is 31.2 Å². The molecule has 0 bridgehead atoms. The van der Waals surface area contributed by atoms with Crippen molar-refractivity contribution in [3.05, 3.63) is 34.9 Å². The molecule has 5 heteroatoms. The van der Waals surface area contributed by atoms with E-state index in [-0.39, 0.29) is 5.91 Å². The molecule has 0 radical (unpaired) electrons. The molecule has 0 saturated carbocycles. The molecule has 0 saturated heterocycles. The fourth-order valence-corrected chi connectivity index (χ4v) is 1.76. The number of benzene rings is 1. The third-order valence-corrected chi connectivity index (χ3v) is 2.86. The third-order valence-electron chi connectivity index (χ3n) is 2.29. The molecule has 0 aliphatic heterocycles. The number of halogens is 2. The van der Waals surface area contributed by atoms with E-state index in [2.05, 4.69) is 21.2 Å². The van der Waals surface area contributed by atoms with Crippen molar-refractivity contribution in [3.8, 4) is 0 Å². The van der Waals surface area contributed by atoms with Gasteiger partial charge >= 0.3 is 0 Å². The summed E-state index contributed by atoms with van der Waals surface area (Å²) in [6.07, 6.45) is 1.22. The Bertz CT molecular complexity index is 357. The first-order valence-electron chi connectivity index (χ1n) is 5.87. The highest BCUT2D eigenvalue weighted by atomic mass is 79.9. The number of carbonyl (C=O) groups excluding carboxylic acids is 1. The SMILES string of the molecule is O=C(Cc1ccc(Cl)cc1)NCCCOCCBr. The maximum absolute atomic E-state index is 11.6. The summed E-state index contributed by atoms with van der Waals surface area (Å²) in [6.45, 7) is 2.03. The van der Waals surface area contributed by atoms with E-state index in [0.717, 1.165) is 17.3 Å². The minimum absolute atomic E-state index is 0.0258. The van der Waals surface area contributed by atoms with Crippen LogP contribution in [0.15, 0.2) is 24.3 Å². The second kappa shape index (κ2) is 9.36. The average molecular weight is 335 g/mol. The fourth-order valence-electron chi connectivity index (χ4n) is 1.41. The Balaban J connectivity index is 2.12. The maximum atomic E-state index is 11.6. The van der Waals surface area contributed by atoms with Gasteiger partial charge in [0.05, 0.1) is 13.0 Å². The molecule has 0 aliphatic carbocycles. The van der Waals surface area contributed by atoms with E-state index in [1.807, 2.05) is 12.1 Å². The highest BCUT2D eigenvalue weighted by Crippen LogP contribution is 2.09. The Morgan fingerprint density at radius 2 is 2.00 bits per heavy atom. The Hall–Kier alpha value is -0.580. The van der Waals surface area contributed by atoms with Crippen LogP contribution < -0.4 is 5.32 Å². The summed E-state index contributed by atoms with van der Waals surface area (Å²) in [4.78, 5) is 11.6. The van der Waals surface area contributed by atoms with Crippen LogP contribution in [0.4, 0.5) is 0 Å². The Morgan fingerprint density at radius 3 is 2.67 bits per heavy atom. The van der Waals surface area contributed by atoms with Gasteiger partial charge in [0.2, 0.25) is 5.91 Å². The van der Waals surface area contributed by atoms with Crippen molar-refractivity contribution in [1.82, 2.24) is 5.32 Å². The van der Waals surface area contributed by atoms with Gasteiger partial charge in [-0.2, -0.15) is 0 Å². The number of nitrogens with one attached hydrogen (secondary N) is 1. The van der Waals surface area contributed by atoms with Crippen molar-refractivity contribution >= 4 is 33.4 Å². The summed E-state index contributed by atoms with van der Waals surface area (Å²) in [7, 11) is 0. The molecule has 0 unspecified atom stereocenters. The predicted octanol–water partition coefficient (Wildman–Crippen LogP) is 2.80. The molecule has 3 nitrogen and oxygen atoms in total. The first-order valence-corrected chi connectivity index (χ1v) is 7.37. The summed E-state index contributed by atoms with van der Waals surface area (Å²) in [5, 5.41) is 4.39. The van der Waals surface area contributed by atoms with Gasteiger partial charge in [-0.25, -0.2) is 0 Å². The molecule has 0 aliphatic rings. The molecule has 0 spiro atoms. The van der Waals surface area contributed by atoms with Crippen LogP contribution >= 0.6 is 27.5 Å². The van der Waals surface area contributed by atoms with Crippen LogP contribution in [0.25, 0.3) is 0 Å². The molecule has 0 atom stereocenters.